The third-order valence-electron chi connectivity index (χ3n) is 1.98. The Hall–Kier alpha value is -0.0800. The second-order valence-corrected chi connectivity index (χ2v) is 3.07. The Kier molecular flexibility index (Phi) is 4.65. The van der Waals surface area contributed by atoms with Crippen LogP contribution in [0.2, 0.25) is 0 Å². The Morgan fingerprint density at radius 2 is 1.80 bits per heavy atom. The lowest BCUT2D eigenvalue weighted by molar-refractivity contribution is 0.0393. The first-order chi connectivity index (χ1) is 4.63. The first-order valence-electron chi connectivity index (χ1n) is 3.92. The third kappa shape index (κ3) is 2.67. The molecule has 0 radical (unpaired) electrons. The number of rotatable bonds is 4. The van der Waals surface area contributed by atoms with E-state index >= 15 is 0 Å². The molecule has 2 nitrogen and oxygen atoms in total. The van der Waals surface area contributed by atoms with Gasteiger partial charge in [-0.3, -0.25) is 0 Å². The van der Waals surface area contributed by atoms with Gasteiger partial charge in [-0.25, -0.2) is 0 Å². The maximum atomic E-state index is 9.33. The lowest BCUT2D eigenvalue weighted by Crippen LogP contribution is -2.27. The van der Waals surface area contributed by atoms with E-state index in [1.165, 1.54) is 0 Å². The van der Waals surface area contributed by atoms with Gasteiger partial charge in [0.2, 0.25) is 0 Å². The normalized spacial score (nSPS) is 17.4. The zero-order valence-electron chi connectivity index (χ0n) is 7.04. The van der Waals surface area contributed by atoms with E-state index in [1.807, 2.05) is 20.8 Å². The van der Waals surface area contributed by atoms with Gasteiger partial charge in [0.15, 0.2) is 0 Å². The Bertz CT molecular complexity index is 81.3. The number of hydrogen-bond donors (Lipinski definition) is 2. The molecule has 62 valence electrons. The van der Waals surface area contributed by atoms with E-state index in [1.54, 1.807) is 0 Å². The van der Waals surface area contributed by atoms with E-state index in [0.29, 0.717) is 5.92 Å². The lowest BCUT2D eigenvalue weighted by Gasteiger charge is -2.22. The van der Waals surface area contributed by atoms with Crippen molar-refractivity contribution in [2.24, 2.45) is 11.8 Å². The molecule has 0 aromatic rings. The smallest absolute Gasteiger partial charge is 0.0590 e. The van der Waals surface area contributed by atoms with Crippen LogP contribution in [0.4, 0.5) is 0 Å². The van der Waals surface area contributed by atoms with Crippen LogP contribution >= 0.6 is 0 Å². The second kappa shape index (κ2) is 4.69. The van der Waals surface area contributed by atoms with Crippen LogP contribution in [0, 0.1) is 11.8 Å². The van der Waals surface area contributed by atoms with Crippen molar-refractivity contribution in [3.63, 3.8) is 0 Å². The quantitative estimate of drug-likeness (QED) is 0.621. The van der Waals surface area contributed by atoms with Crippen LogP contribution in [0.5, 0.6) is 0 Å². The van der Waals surface area contributed by atoms with Crippen LogP contribution in [0.25, 0.3) is 0 Å². The molecule has 2 atom stereocenters. The second-order valence-electron chi connectivity index (χ2n) is 3.07. The zero-order chi connectivity index (χ0) is 8.15. The summed E-state index contributed by atoms with van der Waals surface area (Å²) < 4.78 is 0. The van der Waals surface area contributed by atoms with E-state index in [-0.39, 0.29) is 18.6 Å². The molecular formula is C8H18O2. The minimum absolute atomic E-state index is 0.0463. The lowest BCUT2D eigenvalue weighted by atomic mass is 9.90. The molecule has 0 rings (SSSR count). The Labute approximate surface area is 62.9 Å². The fourth-order valence-corrected chi connectivity index (χ4v) is 1.08. The summed E-state index contributed by atoms with van der Waals surface area (Å²) in [6.45, 7) is 6.04. The highest BCUT2D eigenvalue weighted by Crippen LogP contribution is 2.16. The summed E-state index contributed by atoms with van der Waals surface area (Å²) in [5.41, 5.74) is 0. The van der Waals surface area contributed by atoms with Gasteiger partial charge in [-0.1, -0.05) is 20.8 Å². The van der Waals surface area contributed by atoms with Gasteiger partial charge in [-0.15, -0.1) is 0 Å². The van der Waals surface area contributed by atoms with E-state index in [4.69, 9.17) is 5.11 Å². The van der Waals surface area contributed by atoms with Crippen LogP contribution in [0.1, 0.15) is 27.2 Å². The summed E-state index contributed by atoms with van der Waals surface area (Å²) >= 11 is 0. The Morgan fingerprint density at radius 1 is 1.30 bits per heavy atom. The number of aliphatic hydroxyl groups excluding tert-OH is 2. The van der Waals surface area contributed by atoms with Gasteiger partial charge < -0.3 is 10.2 Å². The molecule has 0 fully saturated rings. The molecule has 0 aromatic heterocycles. The molecule has 0 aliphatic carbocycles. The van der Waals surface area contributed by atoms with Crippen molar-refractivity contribution in [3.05, 3.63) is 0 Å². The summed E-state index contributed by atoms with van der Waals surface area (Å²) in [5, 5.41) is 18.2. The van der Waals surface area contributed by atoms with Crippen molar-refractivity contribution in [3.8, 4) is 0 Å². The Morgan fingerprint density at radius 3 is 1.90 bits per heavy atom. The van der Waals surface area contributed by atoms with Crippen molar-refractivity contribution in [1.29, 1.82) is 0 Å². The predicted molar refractivity (Wildman–Crippen MR) is 41.7 cm³/mol. The van der Waals surface area contributed by atoms with Gasteiger partial charge >= 0.3 is 0 Å². The van der Waals surface area contributed by atoms with E-state index in [9.17, 15) is 5.11 Å². The van der Waals surface area contributed by atoms with Gasteiger partial charge in [0.1, 0.15) is 0 Å². The summed E-state index contributed by atoms with van der Waals surface area (Å²) in [6, 6.07) is 0. The molecule has 2 N–H and O–H groups in total. The first kappa shape index (κ1) is 9.92. The van der Waals surface area contributed by atoms with Crippen LogP contribution in [-0.2, 0) is 0 Å². The van der Waals surface area contributed by atoms with Crippen molar-refractivity contribution < 1.29 is 10.2 Å². The molecule has 0 aliphatic rings. The minimum Gasteiger partial charge on any atom is -0.396 e. The third-order valence-corrected chi connectivity index (χ3v) is 1.98. The van der Waals surface area contributed by atoms with Crippen LogP contribution in [0.3, 0.4) is 0 Å². The first-order valence-corrected chi connectivity index (χ1v) is 3.92. The van der Waals surface area contributed by atoms with Crippen molar-refractivity contribution in [2.75, 3.05) is 6.61 Å². The highest BCUT2D eigenvalue weighted by atomic mass is 16.3. The fourth-order valence-electron chi connectivity index (χ4n) is 1.08. The fraction of sp³-hybridized carbons (Fsp3) is 1.00. The summed E-state index contributed by atoms with van der Waals surface area (Å²) in [5.74, 6) is 0.407. The molecule has 0 heterocycles. The standard InChI is InChI=1S/C8H18O2/c1-4-8(10)7(5-9)6(2)3/h6-10H,4-5H2,1-3H3/t7-,8-/m1/s1. The average Bonchev–Trinajstić information content (AvgIpc) is 1.88. The van der Waals surface area contributed by atoms with Gasteiger partial charge in [0, 0.05) is 12.5 Å². The molecular weight excluding hydrogens is 128 g/mol. The monoisotopic (exact) mass is 146 g/mol. The highest BCUT2D eigenvalue weighted by molar-refractivity contribution is 4.69. The Balaban J connectivity index is 3.80. The topological polar surface area (TPSA) is 40.5 Å². The molecule has 0 amide bonds. The maximum absolute atomic E-state index is 9.33. The molecule has 0 aromatic carbocycles. The van der Waals surface area contributed by atoms with Crippen LogP contribution in [-0.4, -0.2) is 22.9 Å². The summed E-state index contributed by atoms with van der Waals surface area (Å²) in [6.07, 6.45) is 0.383. The van der Waals surface area contributed by atoms with Crippen LogP contribution < -0.4 is 0 Å². The predicted octanol–water partition coefficient (Wildman–Crippen LogP) is 1.02. The molecule has 0 unspecified atom stereocenters. The molecule has 2 heteroatoms. The molecule has 10 heavy (non-hydrogen) atoms. The average molecular weight is 146 g/mol. The molecule has 0 bridgehead atoms. The zero-order valence-corrected chi connectivity index (χ0v) is 7.04. The molecule has 0 saturated heterocycles. The number of hydrogen-bond acceptors (Lipinski definition) is 2. The summed E-state index contributed by atoms with van der Waals surface area (Å²) in [7, 11) is 0. The van der Waals surface area contributed by atoms with E-state index in [2.05, 4.69) is 0 Å². The van der Waals surface area contributed by atoms with Gasteiger partial charge in [0.05, 0.1) is 6.10 Å². The van der Waals surface area contributed by atoms with Crippen molar-refractivity contribution in [2.45, 2.75) is 33.3 Å². The van der Waals surface area contributed by atoms with Crippen molar-refractivity contribution >= 4 is 0 Å². The number of aliphatic hydroxyl groups is 2. The minimum atomic E-state index is -0.343. The molecule has 0 saturated carbocycles. The van der Waals surface area contributed by atoms with Crippen molar-refractivity contribution in [1.82, 2.24) is 0 Å². The largest absolute Gasteiger partial charge is 0.396 e. The SMILES string of the molecule is CC[C@@H](O)[C@H](CO)C(C)C. The molecule has 0 spiro atoms. The molecule has 0 aliphatic heterocycles. The van der Waals surface area contributed by atoms with Gasteiger partial charge in [-0.05, 0) is 12.3 Å². The van der Waals surface area contributed by atoms with Gasteiger partial charge in [-0.2, -0.15) is 0 Å². The van der Waals surface area contributed by atoms with E-state index < -0.39 is 0 Å². The summed E-state index contributed by atoms with van der Waals surface area (Å²) in [4.78, 5) is 0. The van der Waals surface area contributed by atoms with Crippen LogP contribution in [0.15, 0.2) is 0 Å². The highest BCUT2D eigenvalue weighted by Gasteiger charge is 2.19. The maximum Gasteiger partial charge on any atom is 0.0590 e. The van der Waals surface area contributed by atoms with E-state index in [0.717, 1.165) is 6.42 Å². The van der Waals surface area contributed by atoms with Gasteiger partial charge in [0.25, 0.3) is 0 Å².